The molecule has 0 unspecified atom stereocenters. The average Bonchev–Trinajstić information content (AvgIpc) is 2.90. The molecule has 28 heavy (non-hydrogen) atoms. The monoisotopic (exact) mass is 394 g/mol. The van der Waals surface area contributed by atoms with Gasteiger partial charge < -0.3 is 5.11 Å². The molecule has 0 bridgehead atoms. The first-order valence-electron chi connectivity index (χ1n) is 8.85. The first-order chi connectivity index (χ1) is 13.1. The van der Waals surface area contributed by atoms with Gasteiger partial charge in [-0.05, 0) is 58.6 Å². The van der Waals surface area contributed by atoms with Crippen molar-refractivity contribution in [3.8, 4) is 0 Å². The van der Waals surface area contributed by atoms with Gasteiger partial charge in [0.15, 0.2) is 5.17 Å². The Morgan fingerprint density at radius 2 is 1.68 bits per heavy atom. The summed E-state index contributed by atoms with van der Waals surface area (Å²) < 4.78 is 0. The number of benzene rings is 2. The van der Waals surface area contributed by atoms with Crippen LogP contribution in [0.15, 0.2) is 58.4 Å². The number of thioether (sulfide) groups is 1. The van der Waals surface area contributed by atoms with E-state index in [0.717, 1.165) is 5.56 Å². The number of amides is 1. The van der Waals surface area contributed by atoms with E-state index in [1.54, 1.807) is 19.2 Å². The number of nitrogens with zero attached hydrogens (tertiary/aromatic N) is 2. The maximum absolute atomic E-state index is 12.6. The van der Waals surface area contributed by atoms with Gasteiger partial charge in [0, 0.05) is 7.05 Å². The van der Waals surface area contributed by atoms with Gasteiger partial charge in [-0.15, -0.1) is 0 Å². The number of likely N-dealkylation sites (N-methyl/N-ethyl adjacent to an activating group) is 1. The summed E-state index contributed by atoms with van der Waals surface area (Å²) in [5.74, 6) is -1.09. The Labute approximate surface area is 168 Å². The molecule has 1 aliphatic rings. The van der Waals surface area contributed by atoms with Crippen LogP contribution in [0, 0.1) is 0 Å². The molecule has 1 amide bonds. The van der Waals surface area contributed by atoms with Crippen molar-refractivity contribution < 1.29 is 14.7 Å². The molecule has 1 N–H and O–H groups in total. The third-order valence-corrected chi connectivity index (χ3v) is 5.48. The van der Waals surface area contributed by atoms with Gasteiger partial charge in [0.05, 0.1) is 16.2 Å². The van der Waals surface area contributed by atoms with Crippen molar-refractivity contribution in [2.75, 3.05) is 7.05 Å². The van der Waals surface area contributed by atoms with E-state index in [9.17, 15) is 9.59 Å². The molecule has 0 radical (unpaired) electrons. The number of carboxylic acids is 1. The molecule has 0 spiro atoms. The first-order valence-corrected chi connectivity index (χ1v) is 9.67. The van der Waals surface area contributed by atoms with Crippen LogP contribution in [0.4, 0.5) is 5.69 Å². The van der Waals surface area contributed by atoms with Crippen LogP contribution in [0.25, 0.3) is 6.08 Å². The van der Waals surface area contributed by atoms with Gasteiger partial charge in [0.25, 0.3) is 5.91 Å². The molecule has 0 atom stereocenters. The topological polar surface area (TPSA) is 70.0 Å². The fourth-order valence-corrected chi connectivity index (χ4v) is 3.66. The van der Waals surface area contributed by atoms with Crippen LogP contribution in [0.2, 0.25) is 0 Å². The number of carbonyl (C=O) groups excluding carboxylic acids is 1. The summed E-state index contributed by atoms with van der Waals surface area (Å²) in [6, 6.07) is 14.4. The minimum atomic E-state index is -0.982. The third-order valence-electron chi connectivity index (χ3n) is 4.42. The van der Waals surface area contributed by atoms with E-state index in [1.165, 1.54) is 34.4 Å². The highest BCUT2D eigenvalue weighted by Gasteiger charge is 2.30. The van der Waals surface area contributed by atoms with Gasteiger partial charge >= 0.3 is 5.97 Å². The molecular formula is C22H22N2O3S. The van der Waals surface area contributed by atoms with Crippen LogP contribution in [-0.4, -0.2) is 34.1 Å². The van der Waals surface area contributed by atoms with Crippen LogP contribution < -0.4 is 0 Å². The van der Waals surface area contributed by atoms with Gasteiger partial charge in [0.2, 0.25) is 0 Å². The van der Waals surface area contributed by atoms with Crippen molar-refractivity contribution in [1.29, 1.82) is 0 Å². The summed E-state index contributed by atoms with van der Waals surface area (Å²) in [6.07, 6.45) is 1.87. The lowest BCUT2D eigenvalue weighted by molar-refractivity contribution is -0.121. The Bertz CT molecular complexity index is 968. The predicted molar refractivity (Wildman–Crippen MR) is 114 cm³/mol. The molecule has 0 aliphatic carbocycles. The number of hydrogen-bond donors (Lipinski definition) is 1. The molecular weight excluding hydrogens is 372 g/mol. The summed E-state index contributed by atoms with van der Waals surface area (Å²) in [4.78, 5) is 30.1. The predicted octanol–water partition coefficient (Wildman–Crippen LogP) is 4.92. The van der Waals surface area contributed by atoms with Crippen molar-refractivity contribution in [2.45, 2.75) is 26.2 Å². The molecule has 144 valence electrons. The van der Waals surface area contributed by atoms with Gasteiger partial charge in [-0.25, -0.2) is 9.79 Å². The van der Waals surface area contributed by atoms with E-state index in [2.05, 4.69) is 37.9 Å². The van der Waals surface area contributed by atoms with Gasteiger partial charge in [-0.3, -0.25) is 9.69 Å². The standard InChI is InChI=1S/C22H22N2O3S/c1-22(2,3)16-9-5-14(6-10-16)13-18-19(25)24(4)21(28-18)23-17-11-7-15(8-12-17)20(26)27/h5-13H,1-4H3,(H,26,27). The smallest absolute Gasteiger partial charge is 0.335 e. The Kier molecular flexibility index (Phi) is 5.42. The van der Waals surface area contributed by atoms with E-state index >= 15 is 0 Å². The number of rotatable bonds is 3. The van der Waals surface area contributed by atoms with E-state index < -0.39 is 5.97 Å². The molecule has 1 aliphatic heterocycles. The number of aromatic carboxylic acids is 1. The zero-order valence-corrected chi connectivity index (χ0v) is 17.1. The van der Waals surface area contributed by atoms with Crippen LogP contribution in [0.5, 0.6) is 0 Å². The second-order valence-corrected chi connectivity index (χ2v) is 8.60. The van der Waals surface area contributed by atoms with Gasteiger partial charge in [0.1, 0.15) is 0 Å². The Hall–Kier alpha value is -2.86. The number of carboxylic acid groups (broad SMARTS) is 1. The van der Waals surface area contributed by atoms with E-state index in [-0.39, 0.29) is 16.9 Å². The van der Waals surface area contributed by atoms with Crippen molar-refractivity contribution in [3.63, 3.8) is 0 Å². The molecule has 1 heterocycles. The summed E-state index contributed by atoms with van der Waals surface area (Å²) >= 11 is 1.31. The zero-order valence-electron chi connectivity index (χ0n) is 16.3. The highest BCUT2D eigenvalue weighted by atomic mass is 32.2. The molecule has 1 fully saturated rings. The molecule has 3 rings (SSSR count). The van der Waals surface area contributed by atoms with E-state index in [1.807, 2.05) is 18.2 Å². The molecule has 5 nitrogen and oxygen atoms in total. The van der Waals surface area contributed by atoms with Gasteiger partial charge in [-0.2, -0.15) is 0 Å². The Morgan fingerprint density at radius 1 is 1.07 bits per heavy atom. The minimum Gasteiger partial charge on any atom is -0.478 e. The summed E-state index contributed by atoms with van der Waals surface area (Å²) in [7, 11) is 1.68. The molecule has 6 heteroatoms. The zero-order chi connectivity index (χ0) is 20.5. The number of hydrogen-bond acceptors (Lipinski definition) is 4. The molecule has 0 aromatic heterocycles. The van der Waals surface area contributed by atoms with Crippen LogP contribution >= 0.6 is 11.8 Å². The second kappa shape index (κ2) is 7.64. The average molecular weight is 394 g/mol. The fraction of sp³-hybridized carbons (Fsp3) is 0.227. The number of amidine groups is 1. The lowest BCUT2D eigenvalue weighted by atomic mass is 9.87. The minimum absolute atomic E-state index is 0.0832. The molecule has 1 saturated heterocycles. The quantitative estimate of drug-likeness (QED) is 0.751. The van der Waals surface area contributed by atoms with E-state index in [0.29, 0.717) is 15.8 Å². The van der Waals surface area contributed by atoms with Crippen LogP contribution in [-0.2, 0) is 10.2 Å². The summed E-state index contributed by atoms with van der Waals surface area (Å²) in [5, 5.41) is 9.53. The van der Waals surface area contributed by atoms with Crippen LogP contribution in [0.3, 0.4) is 0 Å². The van der Waals surface area contributed by atoms with Crippen molar-refractivity contribution in [1.82, 2.24) is 4.90 Å². The lowest BCUT2D eigenvalue weighted by Crippen LogP contribution is -2.23. The molecule has 0 saturated carbocycles. The fourth-order valence-electron chi connectivity index (χ4n) is 2.67. The summed E-state index contributed by atoms with van der Waals surface area (Å²) in [6.45, 7) is 6.49. The van der Waals surface area contributed by atoms with Crippen molar-refractivity contribution in [3.05, 3.63) is 70.1 Å². The highest BCUT2D eigenvalue weighted by molar-refractivity contribution is 8.18. The maximum atomic E-state index is 12.6. The highest BCUT2D eigenvalue weighted by Crippen LogP contribution is 2.33. The lowest BCUT2D eigenvalue weighted by Gasteiger charge is -2.18. The summed E-state index contributed by atoms with van der Waals surface area (Å²) in [5.41, 5.74) is 3.09. The molecule has 2 aromatic carbocycles. The van der Waals surface area contributed by atoms with Gasteiger partial charge in [-0.1, -0.05) is 45.0 Å². The number of aliphatic imine (C=N–C) groups is 1. The maximum Gasteiger partial charge on any atom is 0.335 e. The molecule has 2 aromatic rings. The largest absolute Gasteiger partial charge is 0.478 e. The Morgan fingerprint density at radius 3 is 2.21 bits per heavy atom. The van der Waals surface area contributed by atoms with Crippen molar-refractivity contribution in [2.24, 2.45) is 4.99 Å². The number of carbonyl (C=O) groups is 2. The SMILES string of the molecule is CN1C(=O)C(=Cc2ccc(C(C)(C)C)cc2)SC1=Nc1ccc(C(=O)O)cc1. The van der Waals surface area contributed by atoms with Crippen LogP contribution in [0.1, 0.15) is 42.3 Å². The normalized spacial score (nSPS) is 17.6. The van der Waals surface area contributed by atoms with Crippen molar-refractivity contribution >= 4 is 40.6 Å². The third kappa shape index (κ3) is 4.34. The van der Waals surface area contributed by atoms with E-state index in [4.69, 9.17) is 5.11 Å². The Balaban J connectivity index is 1.82. The first kappa shape index (κ1) is 19.9. The second-order valence-electron chi connectivity index (χ2n) is 7.59.